The summed E-state index contributed by atoms with van der Waals surface area (Å²) in [5, 5.41) is 13.1. The highest BCUT2D eigenvalue weighted by atomic mass is 32.1. The van der Waals surface area contributed by atoms with Gasteiger partial charge in [0.15, 0.2) is 0 Å². The number of aliphatic hydroxyl groups excluding tert-OH is 1. The molecule has 2 aliphatic rings. The van der Waals surface area contributed by atoms with Crippen LogP contribution in [0.4, 0.5) is 0 Å². The number of ether oxygens (including phenoxy) is 1. The van der Waals surface area contributed by atoms with E-state index in [1.165, 1.54) is 0 Å². The van der Waals surface area contributed by atoms with Crippen LogP contribution in [-0.2, 0) is 4.74 Å². The van der Waals surface area contributed by atoms with Gasteiger partial charge >= 0.3 is 0 Å². The normalized spacial score (nSPS) is 24.9. The number of thiazole rings is 1. The summed E-state index contributed by atoms with van der Waals surface area (Å²) in [6, 6.07) is 0. The number of nitrogens with zero attached hydrogens (tertiary/aromatic N) is 2. The summed E-state index contributed by atoms with van der Waals surface area (Å²) in [6.45, 7) is 6.14. The molecular formula is C16H24N2O3S. The maximum absolute atomic E-state index is 12.6. The van der Waals surface area contributed by atoms with Crippen molar-refractivity contribution < 1.29 is 14.6 Å². The Hall–Kier alpha value is -0.980. The van der Waals surface area contributed by atoms with Crippen molar-refractivity contribution in [1.82, 2.24) is 9.88 Å². The van der Waals surface area contributed by atoms with Gasteiger partial charge in [-0.05, 0) is 25.7 Å². The number of carbonyl (C=O) groups excluding carboxylic acids is 1. The van der Waals surface area contributed by atoms with Crippen molar-refractivity contribution in [2.45, 2.75) is 57.2 Å². The summed E-state index contributed by atoms with van der Waals surface area (Å²) in [4.78, 5) is 18.8. The first-order valence-corrected chi connectivity index (χ1v) is 8.96. The minimum Gasteiger partial charge on any atom is -0.390 e. The summed E-state index contributed by atoms with van der Waals surface area (Å²) in [5.41, 5.74) is 0.120. The lowest BCUT2D eigenvalue weighted by Crippen LogP contribution is -2.56. The van der Waals surface area contributed by atoms with Crippen LogP contribution in [0.25, 0.3) is 0 Å². The second-order valence-electron chi connectivity index (χ2n) is 6.59. The van der Waals surface area contributed by atoms with Crippen molar-refractivity contribution in [2.24, 2.45) is 0 Å². The largest absolute Gasteiger partial charge is 0.390 e. The number of rotatable bonds is 2. The molecule has 1 N–H and O–H groups in total. The molecule has 2 fully saturated rings. The molecule has 0 aromatic carbocycles. The van der Waals surface area contributed by atoms with Gasteiger partial charge in [0.05, 0.1) is 16.7 Å². The average molecular weight is 324 g/mol. The number of likely N-dealkylation sites (tertiary alicyclic amines) is 1. The van der Waals surface area contributed by atoms with E-state index < -0.39 is 11.7 Å². The second-order valence-corrected chi connectivity index (χ2v) is 7.48. The molecule has 0 saturated carbocycles. The van der Waals surface area contributed by atoms with Crippen molar-refractivity contribution in [3.8, 4) is 0 Å². The van der Waals surface area contributed by atoms with E-state index in [1.807, 2.05) is 10.3 Å². The van der Waals surface area contributed by atoms with Crippen molar-refractivity contribution in [1.29, 1.82) is 0 Å². The molecule has 6 heteroatoms. The van der Waals surface area contributed by atoms with Gasteiger partial charge in [-0.1, -0.05) is 13.8 Å². The minimum absolute atomic E-state index is 0.00305. The van der Waals surface area contributed by atoms with E-state index in [0.29, 0.717) is 37.5 Å². The van der Waals surface area contributed by atoms with Crippen LogP contribution in [0.5, 0.6) is 0 Å². The average Bonchev–Trinajstić information content (AvgIpc) is 3.01. The van der Waals surface area contributed by atoms with Crippen LogP contribution in [0.1, 0.15) is 60.9 Å². The highest BCUT2D eigenvalue weighted by Crippen LogP contribution is 2.35. The molecule has 1 amide bonds. The lowest BCUT2D eigenvalue weighted by atomic mass is 9.82. The van der Waals surface area contributed by atoms with E-state index in [1.54, 1.807) is 11.3 Å². The van der Waals surface area contributed by atoms with Crippen LogP contribution in [0, 0.1) is 0 Å². The summed E-state index contributed by atoms with van der Waals surface area (Å²) in [7, 11) is 0. The standard InChI is InChI=1S/C16H24N2O3S/c1-11(2)14-17-12(10-22-14)15(20)18-7-5-16(6-8-18)13(19)4-3-9-21-16/h10-11,13,19H,3-9H2,1-2H3. The lowest BCUT2D eigenvalue weighted by Gasteiger charge is -2.46. The quantitative estimate of drug-likeness (QED) is 0.907. The van der Waals surface area contributed by atoms with Crippen LogP contribution >= 0.6 is 11.3 Å². The molecule has 5 nitrogen and oxygen atoms in total. The number of aliphatic hydroxyl groups is 1. The highest BCUT2D eigenvalue weighted by Gasteiger charge is 2.44. The maximum atomic E-state index is 12.6. The van der Waals surface area contributed by atoms with E-state index in [2.05, 4.69) is 18.8 Å². The first-order valence-electron chi connectivity index (χ1n) is 8.08. The molecule has 3 rings (SSSR count). The number of amides is 1. The first kappa shape index (κ1) is 15.9. The van der Waals surface area contributed by atoms with Gasteiger partial charge in [-0.2, -0.15) is 0 Å². The topological polar surface area (TPSA) is 62.7 Å². The Kier molecular flexibility index (Phi) is 4.52. The lowest BCUT2D eigenvalue weighted by molar-refractivity contribution is -0.174. The predicted octanol–water partition coefficient (Wildman–Crippen LogP) is 2.41. The van der Waals surface area contributed by atoms with Gasteiger partial charge in [0, 0.05) is 31.0 Å². The third-order valence-electron chi connectivity index (χ3n) is 4.75. The van der Waals surface area contributed by atoms with E-state index in [0.717, 1.165) is 24.5 Å². The molecule has 1 unspecified atom stereocenters. The highest BCUT2D eigenvalue weighted by molar-refractivity contribution is 7.09. The van der Waals surface area contributed by atoms with E-state index >= 15 is 0 Å². The van der Waals surface area contributed by atoms with Gasteiger partial charge in [0.2, 0.25) is 0 Å². The molecular weight excluding hydrogens is 300 g/mol. The van der Waals surface area contributed by atoms with Gasteiger partial charge in [-0.3, -0.25) is 4.79 Å². The van der Waals surface area contributed by atoms with Crippen molar-refractivity contribution >= 4 is 17.2 Å². The Morgan fingerprint density at radius 2 is 2.23 bits per heavy atom. The summed E-state index contributed by atoms with van der Waals surface area (Å²) < 4.78 is 5.89. The van der Waals surface area contributed by atoms with E-state index in [-0.39, 0.29) is 5.91 Å². The van der Waals surface area contributed by atoms with E-state index in [9.17, 15) is 9.90 Å². The van der Waals surface area contributed by atoms with Crippen LogP contribution in [0.15, 0.2) is 5.38 Å². The number of carbonyl (C=O) groups is 1. The Balaban J connectivity index is 1.64. The Morgan fingerprint density at radius 3 is 2.82 bits per heavy atom. The fourth-order valence-corrected chi connectivity index (χ4v) is 4.10. The molecule has 3 heterocycles. The predicted molar refractivity (Wildman–Crippen MR) is 85.3 cm³/mol. The Morgan fingerprint density at radius 1 is 1.50 bits per heavy atom. The molecule has 0 aliphatic carbocycles. The molecule has 0 bridgehead atoms. The third-order valence-corrected chi connectivity index (χ3v) is 5.90. The molecule has 0 radical (unpaired) electrons. The van der Waals surface area contributed by atoms with Gasteiger partial charge in [0.25, 0.3) is 5.91 Å². The number of hydrogen-bond donors (Lipinski definition) is 1. The molecule has 1 aromatic heterocycles. The third kappa shape index (κ3) is 2.92. The van der Waals surface area contributed by atoms with Crippen molar-refractivity contribution in [2.75, 3.05) is 19.7 Å². The zero-order valence-corrected chi connectivity index (χ0v) is 14.1. The number of hydrogen-bond acceptors (Lipinski definition) is 5. The van der Waals surface area contributed by atoms with E-state index in [4.69, 9.17) is 4.74 Å². The summed E-state index contributed by atoms with van der Waals surface area (Å²) in [6.07, 6.45) is 2.74. The minimum atomic E-state index is -0.430. The molecule has 122 valence electrons. The molecule has 2 saturated heterocycles. The van der Waals surface area contributed by atoms with Crippen LogP contribution < -0.4 is 0 Å². The zero-order valence-electron chi connectivity index (χ0n) is 13.2. The summed E-state index contributed by atoms with van der Waals surface area (Å²) in [5.74, 6) is 0.352. The van der Waals surface area contributed by atoms with Gasteiger partial charge in [-0.25, -0.2) is 4.98 Å². The molecule has 22 heavy (non-hydrogen) atoms. The van der Waals surface area contributed by atoms with Crippen LogP contribution in [-0.4, -0.2) is 52.3 Å². The number of aromatic nitrogens is 1. The first-order chi connectivity index (χ1) is 10.5. The SMILES string of the molecule is CC(C)c1nc(C(=O)N2CCC3(CC2)OCCCC3O)cs1. The monoisotopic (exact) mass is 324 g/mol. The molecule has 1 atom stereocenters. The molecule has 1 aromatic rings. The van der Waals surface area contributed by atoms with Crippen molar-refractivity contribution in [3.63, 3.8) is 0 Å². The van der Waals surface area contributed by atoms with Gasteiger partial charge < -0.3 is 14.7 Å². The van der Waals surface area contributed by atoms with Gasteiger partial charge in [0.1, 0.15) is 5.69 Å². The molecule has 2 aliphatic heterocycles. The smallest absolute Gasteiger partial charge is 0.273 e. The van der Waals surface area contributed by atoms with Crippen LogP contribution in [0.2, 0.25) is 0 Å². The Labute approximate surface area is 135 Å². The summed E-state index contributed by atoms with van der Waals surface area (Å²) >= 11 is 1.55. The second kappa shape index (κ2) is 6.26. The molecule has 1 spiro atoms. The fourth-order valence-electron chi connectivity index (χ4n) is 3.29. The van der Waals surface area contributed by atoms with Crippen LogP contribution in [0.3, 0.4) is 0 Å². The Bertz CT molecular complexity index is 535. The fraction of sp³-hybridized carbons (Fsp3) is 0.750. The van der Waals surface area contributed by atoms with Gasteiger partial charge in [-0.15, -0.1) is 11.3 Å². The zero-order chi connectivity index (χ0) is 15.7. The maximum Gasteiger partial charge on any atom is 0.273 e. The van der Waals surface area contributed by atoms with Crippen molar-refractivity contribution in [3.05, 3.63) is 16.1 Å². The number of piperidine rings is 1.